The maximum absolute atomic E-state index is 13.0. The van der Waals surface area contributed by atoms with Crippen molar-refractivity contribution in [1.82, 2.24) is 4.57 Å². The highest BCUT2D eigenvalue weighted by atomic mass is 35.5. The van der Waals surface area contributed by atoms with Gasteiger partial charge in [0.1, 0.15) is 6.07 Å². The van der Waals surface area contributed by atoms with Gasteiger partial charge < -0.3 is 4.57 Å². The third-order valence-corrected chi connectivity index (χ3v) is 4.15. The average Bonchev–Trinajstić information content (AvgIpc) is 2.86. The molecule has 6 heteroatoms. The molecule has 0 aliphatic carbocycles. The Morgan fingerprint density at radius 3 is 2.50 bits per heavy atom. The lowest BCUT2D eigenvalue weighted by Gasteiger charge is -2.10. The van der Waals surface area contributed by atoms with E-state index < -0.39 is 11.7 Å². The van der Waals surface area contributed by atoms with E-state index in [1.807, 2.05) is 6.92 Å². The van der Waals surface area contributed by atoms with Crippen molar-refractivity contribution in [2.24, 2.45) is 0 Å². The number of halogens is 4. The number of rotatable bonds is 2. The topological polar surface area (TPSA) is 28.7 Å². The van der Waals surface area contributed by atoms with Crippen LogP contribution in [0.4, 0.5) is 13.2 Å². The van der Waals surface area contributed by atoms with Gasteiger partial charge in [0.15, 0.2) is 0 Å². The van der Waals surface area contributed by atoms with Crippen molar-refractivity contribution in [3.8, 4) is 17.3 Å². The average molecular weight is 349 g/mol. The highest BCUT2D eigenvalue weighted by Crippen LogP contribution is 2.37. The lowest BCUT2D eigenvalue weighted by molar-refractivity contribution is -0.137. The van der Waals surface area contributed by atoms with Crippen LogP contribution in [0.3, 0.4) is 0 Å². The molecule has 0 atom stereocenters. The minimum atomic E-state index is -4.43. The normalized spacial score (nSPS) is 11.7. The summed E-state index contributed by atoms with van der Waals surface area (Å²) >= 11 is 6.03. The molecule has 0 unspecified atom stereocenters. The molecular weight excluding hydrogens is 337 g/mol. The van der Waals surface area contributed by atoms with Gasteiger partial charge >= 0.3 is 6.18 Å². The molecule has 0 aliphatic heterocycles. The van der Waals surface area contributed by atoms with Crippen LogP contribution in [0.25, 0.3) is 22.2 Å². The molecule has 0 bridgehead atoms. The highest BCUT2D eigenvalue weighted by Gasteiger charge is 2.31. The van der Waals surface area contributed by atoms with Crippen LogP contribution in [-0.2, 0) is 12.7 Å². The first-order valence-corrected chi connectivity index (χ1v) is 7.64. The predicted octanol–water partition coefficient (Wildman–Crippen LogP) is 5.87. The molecule has 2 nitrogen and oxygen atoms in total. The summed E-state index contributed by atoms with van der Waals surface area (Å²) in [6.45, 7) is 2.26. The fraction of sp³-hybridized carbons (Fsp3) is 0.167. The number of aromatic nitrogens is 1. The van der Waals surface area contributed by atoms with Gasteiger partial charge in [-0.15, -0.1) is 0 Å². The third kappa shape index (κ3) is 2.63. The Morgan fingerprint density at radius 1 is 1.17 bits per heavy atom. The fourth-order valence-corrected chi connectivity index (χ4v) is 3.09. The molecule has 24 heavy (non-hydrogen) atoms. The maximum Gasteiger partial charge on any atom is 0.416 e. The number of fused-ring (bicyclic) bond motifs is 1. The van der Waals surface area contributed by atoms with E-state index in [0.717, 1.165) is 12.1 Å². The Morgan fingerprint density at radius 2 is 1.92 bits per heavy atom. The highest BCUT2D eigenvalue weighted by molar-refractivity contribution is 6.30. The van der Waals surface area contributed by atoms with Gasteiger partial charge in [0, 0.05) is 22.5 Å². The number of nitriles is 1. The van der Waals surface area contributed by atoms with Crippen LogP contribution in [0.15, 0.2) is 42.5 Å². The first-order chi connectivity index (χ1) is 11.4. The number of nitrogens with zero attached hydrogens (tertiary/aromatic N) is 2. The summed E-state index contributed by atoms with van der Waals surface area (Å²) in [5.74, 6) is 0. The van der Waals surface area contributed by atoms with Crippen molar-refractivity contribution in [2.45, 2.75) is 19.6 Å². The van der Waals surface area contributed by atoms with Gasteiger partial charge in [-0.1, -0.05) is 29.8 Å². The van der Waals surface area contributed by atoms with Crippen molar-refractivity contribution in [2.75, 3.05) is 0 Å². The van der Waals surface area contributed by atoms with E-state index in [1.165, 1.54) is 6.07 Å². The van der Waals surface area contributed by atoms with Gasteiger partial charge in [0.2, 0.25) is 0 Å². The number of hydrogen-bond acceptors (Lipinski definition) is 1. The predicted molar refractivity (Wildman–Crippen MR) is 87.8 cm³/mol. The SMILES string of the molecule is CCn1c(-c2cccc(Cl)c2)c(C#N)c2ccc(C(F)(F)F)cc21. The number of benzene rings is 2. The Bertz CT molecular complexity index is 965. The second kappa shape index (κ2) is 5.88. The van der Waals surface area contributed by atoms with Gasteiger partial charge in [0.25, 0.3) is 0 Å². The lowest BCUT2D eigenvalue weighted by Crippen LogP contribution is -2.05. The standard InChI is InChI=1S/C18H12ClF3N2/c1-2-24-16-9-12(18(20,21)22)6-7-14(16)15(10-23)17(24)11-4-3-5-13(19)8-11/h3-9H,2H2,1H3. The monoisotopic (exact) mass is 348 g/mol. The van der Waals surface area contributed by atoms with Crippen molar-refractivity contribution >= 4 is 22.5 Å². The molecule has 3 rings (SSSR count). The minimum absolute atomic E-state index is 0.350. The molecular formula is C18H12ClF3N2. The maximum atomic E-state index is 13.0. The summed E-state index contributed by atoms with van der Waals surface area (Å²) in [5.41, 5.74) is 1.29. The molecule has 0 saturated heterocycles. The van der Waals surface area contributed by atoms with E-state index >= 15 is 0 Å². The molecule has 1 aromatic heterocycles. The number of hydrogen-bond donors (Lipinski definition) is 0. The van der Waals surface area contributed by atoms with E-state index in [0.29, 0.717) is 39.3 Å². The zero-order valence-electron chi connectivity index (χ0n) is 12.7. The van der Waals surface area contributed by atoms with Gasteiger partial charge in [-0.25, -0.2) is 0 Å². The van der Waals surface area contributed by atoms with Crippen LogP contribution >= 0.6 is 11.6 Å². The second-order valence-corrected chi connectivity index (χ2v) is 5.76. The molecule has 1 heterocycles. The fourth-order valence-electron chi connectivity index (χ4n) is 2.90. The number of aryl methyl sites for hydroxylation is 1. The van der Waals surface area contributed by atoms with Gasteiger partial charge in [-0.2, -0.15) is 18.4 Å². The van der Waals surface area contributed by atoms with Crippen LogP contribution in [0.5, 0.6) is 0 Å². The molecule has 0 aliphatic rings. The van der Waals surface area contributed by atoms with Crippen molar-refractivity contribution in [1.29, 1.82) is 5.26 Å². The lowest BCUT2D eigenvalue weighted by atomic mass is 10.1. The summed E-state index contributed by atoms with van der Waals surface area (Å²) in [7, 11) is 0. The second-order valence-electron chi connectivity index (χ2n) is 5.32. The molecule has 0 fully saturated rings. The van der Waals surface area contributed by atoms with Gasteiger partial charge in [-0.05, 0) is 31.2 Å². The van der Waals surface area contributed by atoms with Crippen LogP contribution in [-0.4, -0.2) is 4.57 Å². The molecule has 2 aromatic carbocycles. The minimum Gasteiger partial charge on any atom is -0.340 e. The van der Waals surface area contributed by atoms with Crippen LogP contribution in [0.1, 0.15) is 18.1 Å². The van der Waals surface area contributed by atoms with E-state index in [1.54, 1.807) is 28.8 Å². The molecule has 0 spiro atoms. The summed E-state index contributed by atoms with van der Waals surface area (Å²) in [4.78, 5) is 0. The first-order valence-electron chi connectivity index (χ1n) is 7.26. The van der Waals surface area contributed by atoms with Crippen molar-refractivity contribution in [3.05, 3.63) is 58.6 Å². The van der Waals surface area contributed by atoms with Crippen LogP contribution in [0, 0.1) is 11.3 Å². The molecule has 3 aromatic rings. The Hall–Kier alpha value is -2.45. The van der Waals surface area contributed by atoms with Crippen LogP contribution in [0.2, 0.25) is 5.02 Å². The van der Waals surface area contributed by atoms with Crippen molar-refractivity contribution in [3.63, 3.8) is 0 Å². The van der Waals surface area contributed by atoms with E-state index in [2.05, 4.69) is 6.07 Å². The van der Waals surface area contributed by atoms with Crippen molar-refractivity contribution < 1.29 is 13.2 Å². The third-order valence-electron chi connectivity index (χ3n) is 3.92. The molecule has 122 valence electrons. The van der Waals surface area contributed by atoms with Gasteiger partial charge in [-0.3, -0.25) is 0 Å². The van der Waals surface area contributed by atoms with Crippen LogP contribution < -0.4 is 0 Å². The molecule has 0 radical (unpaired) electrons. The molecule has 0 saturated carbocycles. The Kier molecular flexibility index (Phi) is 4.02. The quantitative estimate of drug-likeness (QED) is 0.569. The Labute approximate surface area is 141 Å². The van der Waals surface area contributed by atoms with E-state index in [-0.39, 0.29) is 0 Å². The zero-order chi connectivity index (χ0) is 17.5. The molecule has 0 N–H and O–H groups in total. The largest absolute Gasteiger partial charge is 0.416 e. The number of alkyl halides is 3. The smallest absolute Gasteiger partial charge is 0.340 e. The van der Waals surface area contributed by atoms with E-state index in [9.17, 15) is 18.4 Å². The summed E-state index contributed by atoms with van der Waals surface area (Å²) in [6.07, 6.45) is -4.43. The summed E-state index contributed by atoms with van der Waals surface area (Å²) < 4.78 is 40.8. The summed E-state index contributed by atoms with van der Waals surface area (Å²) in [6, 6.07) is 12.5. The molecule has 0 amide bonds. The summed E-state index contributed by atoms with van der Waals surface area (Å²) in [5, 5.41) is 10.6. The first kappa shape index (κ1) is 16.4. The van der Waals surface area contributed by atoms with E-state index in [4.69, 9.17) is 11.6 Å². The Balaban J connectivity index is 2.39. The zero-order valence-corrected chi connectivity index (χ0v) is 13.4. The van der Waals surface area contributed by atoms with Gasteiger partial charge in [0.05, 0.1) is 22.3 Å².